The number of hydrogen-bond acceptors (Lipinski definition) is 6. The predicted molar refractivity (Wildman–Crippen MR) is 96.2 cm³/mol. The molecule has 0 radical (unpaired) electrons. The van der Waals surface area contributed by atoms with Crippen LogP contribution in [0.4, 0.5) is 5.82 Å². The first-order valence-electron chi connectivity index (χ1n) is 8.39. The second-order valence-corrected chi connectivity index (χ2v) is 6.04. The maximum absolute atomic E-state index is 5.95. The third-order valence-corrected chi connectivity index (χ3v) is 4.32. The molecule has 3 aromatic rings. The SMILES string of the molecule is COc1cccc2c1OCCCN(c1nc(C)nc3ncccc13)C2. The van der Waals surface area contributed by atoms with Gasteiger partial charge in [0.15, 0.2) is 17.1 Å². The molecule has 6 heteroatoms. The van der Waals surface area contributed by atoms with Crippen LogP contribution in [0.15, 0.2) is 36.5 Å². The second kappa shape index (κ2) is 6.55. The lowest BCUT2D eigenvalue weighted by Gasteiger charge is -2.29. The molecular weight excluding hydrogens is 316 g/mol. The molecule has 0 spiro atoms. The van der Waals surface area contributed by atoms with Crippen molar-refractivity contribution in [3.8, 4) is 11.5 Å². The van der Waals surface area contributed by atoms with Crippen molar-refractivity contribution in [1.29, 1.82) is 0 Å². The fourth-order valence-electron chi connectivity index (χ4n) is 3.20. The van der Waals surface area contributed by atoms with Crippen molar-refractivity contribution < 1.29 is 9.47 Å². The summed E-state index contributed by atoms with van der Waals surface area (Å²) in [6, 6.07) is 9.95. The lowest BCUT2D eigenvalue weighted by molar-refractivity contribution is 0.281. The van der Waals surface area contributed by atoms with Crippen LogP contribution in [0.3, 0.4) is 0 Å². The van der Waals surface area contributed by atoms with Gasteiger partial charge in [0.2, 0.25) is 0 Å². The highest BCUT2D eigenvalue weighted by molar-refractivity contribution is 5.86. The number of para-hydroxylation sites is 1. The van der Waals surface area contributed by atoms with E-state index in [1.807, 2.05) is 31.2 Å². The maximum Gasteiger partial charge on any atom is 0.166 e. The minimum absolute atomic E-state index is 0.643. The summed E-state index contributed by atoms with van der Waals surface area (Å²) in [5.41, 5.74) is 1.82. The van der Waals surface area contributed by atoms with Gasteiger partial charge in [0, 0.05) is 24.8 Å². The molecule has 128 valence electrons. The van der Waals surface area contributed by atoms with E-state index >= 15 is 0 Å². The summed E-state index contributed by atoms with van der Waals surface area (Å²) in [4.78, 5) is 15.8. The molecule has 0 amide bonds. The number of aryl methyl sites for hydroxylation is 1. The van der Waals surface area contributed by atoms with Crippen molar-refractivity contribution in [1.82, 2.24) is 15.0 Å². The average Bonchev–Trinajstić information content (AvgIpc) is 2.61. The Morgan fingerprint density at radius 2 is 2.08 bits per heavy atom. The number of rotatable bonds is 2. The lowest BCUT2D eigenvalue weighted by atomic mass is 10.1. The summed E-state index contributed by atoms with van der Waals surface area (Å²) >= 11 is 0. The Morgan fingerprint density at radius 3 is 2.96 bits per heavy atom. The molecule has 1 aliphatic rings. The maximum atomic E-state index is 5.95. The van der Waals surface area contributed by atoms with Crippen LogP contribution in [0.25, 0.3) is 11.0 Å². The molecule has 1 aromatic carbocycles. The van der Waals surface area contributed by atoms with Crippen LogP contribution in [0.2, 0.25) is 0 Å². The van der Waals surface area contributed by atoms with Crippen LogP contribution in [-0.4, -0.2) is 35.2 Å². The largest absolute Gasteiger partial charge is 0.493 e. The summed E-state index contributed by atoms with van der Waals surface area (Å²) in [6.45, 7) is 4.11. The number of nitrogens with zero attached hydrogens (tertiary/aromatic N) is 4. The van der Waals surface area contributed by atoms with E-state index < -0.39 is 0 Å². The van der Waals surface area contributed by atoms with Crippen LogP contribution in [0.1, 0.15) is 17.8 Å². The Labute approximate surface area is 146 Å². The third-order valence-electron chi connectivity index (χ3n) is 4.32. The van der Waals surface area contributed by atoms with E-state index in [0.717, 1.165) is 52.7 Å². The minimum atomic E-state index is 0.643. The first-order chi connectivity index (χ1) is 12.3. The van der Waals surface area contributed by atoms with Crippen LogP contribution in [-0.2, 0) is 6.54 Å². The highest BCUT2D eigenvalue weighted by Crippen LogP contribution is 2.35. The summed E-state index contributed by atoms with van der Waals surface area (Å²) in [5, 5.41) is 0.971. The molecule has 4 rings (SSSR count). The average molecular weight is 336 g/mol. The summed E-state index contributed by atoms with van der Waals surface area (Å²) in [5.74, 6) is 3.24. The topological polar surface area (TPSA) is 60.4 Å². The zero-order valence-electron chi connectivity index (χ0n) is 14.4. The third kappa shape index (κ3) is 2.95. The molecule has 2 aromatic heterocycles. The van der Waals surface area contributed by atoms with Crippen molar-refractivity contribution in [2.24, 2.45) is 0 Å². The Balaban J connectivity index is 1.81. The number of aromatic nitrogens is 3. The second-order valence-electron chi connectivity index (χ2n) is 6.04. The van der Waals surface area contributed by atoms with Gasteiger partial charge >= 0.3 is 0 Å². The van der Waals surface area contributed by atoms with Gasteiger partial charge in [-0.05, 0) is 31.5 Å². The Bertz CT molecular complexity index is 913. The van der Waals surface area contributed by atoms with Gasteiger partial charge in [-0.1, -0.05) is 12.1 Å². The molecule has 25 heavy (non-hydrogen) atoms. The summed E-state index contributed by atoms with van der Waals surface area (Å²) in [7, 11) is 1.67. The van der Waals surface area contributed by atoms with E-state index in [1.165, 1.54) is 0 Å². The number of methoxy groups -OCH3 is 1. The Kier molecular flexibility index (Phi) is 4.09. The van der Waals surface area contributed by atoms with Gasteiger partial charge in [-0.3, -0.25) is 0 Å². The van der Waals surface area contributed by atoms with E-state index in [1.54, 1.807) is 13.3 Å². The van der Waals surface area contributed by atoms with Crippen molar-refractivity contribution in [2.75, 3.05) is 25.2 Å². The molecule has 0 aliphatic carbocycles. The van der Waals surface area contributed by atoms with Gasteiger partial charge in [0.1, 0.15) is 11.6 Å². The molecular formula is C19H20N4O2. The molecule has 6 nitrogen and oxygen atoms in total. The van der Waals surface area contributed by atoms with Gasteiger partial charge < -0.3 is 14.4 Å². The fraction of sp³-hybridized carbons (Fsp3) is 0.316. The van der Waals surface area contributed by atoms with E-state index in [2.05, 4.69) is 20.9 Å². The quantitative estimate of drug-likeness (QED) is 0.716. The number of pyridine rings is 1. The first-order valence-corrected chi connectivity index (χ1v) is 8.39. The molecule has 1 aliphatic heterocycles. The fourth-order valence-corrected chi connectivity index (χ4v) is 3.20. The van der Waals surface area contributed by atoms with Crippen molar-refractivity contribution in [3.05, 3.63) is 47.9 Å². The lowest BCUT2D eigenvalue weighted by Crippen LogP contribution is -2.29. The van der Waals surface area contributed by atoms with Gasteiger partial charge in [0.25, 0.3) is 0 Å². The number of fused-ring (bicyclic) bond motifs is 2. The van der Waals surface area contributed by atoms with Crippen LogP contribution >= 0.6 is 0 Å². The molecule has 0 atom stereocenters. The molecule has 0 saturated heterocycles. The van der Waals surface area contributed by atoms with E-state index in [0.29, 0.717) is 13.2 Å². The molecule has 0 unspecified atom stereocenters. The normalized spacial score (nSPS) is 14.4. The Morgan fingerprint density at radius 1 is 1.16 bits per heavy atom. The first kappa shape index (κ1) is 15.6. The molecule has 0 bridgehead atoms. The summed E-state index contributed by atoms with van der Waals surface area (Å²) < 4.78 is 11.4. The van der Waals surface area contributed by atoms with Gasteiger partial charge in [-0.2, -0.15) is 0 Å². The van der Waals surface area contributed by atoms with E-state index in [-0.39, 0.29) is 0 Å². The number of benzene rings is 1. The monoisotopic (exact) mass is 336 g/mol. The van der Waals surface area contributed by atoms with Crippen molar-refractivity contribution in [2.45, 2.75) is 19.9 Å². The van der Waals surface area contributed by atoms with E-state index in [9.17, 15) is 0 Å². The van der Waals surface area contributed by atoms with Gasteiger partial charge in [-0.15, -0.1) is 0 Å². The standard InChI is InChI=1S/C19H20N4O2/c1-13-21-18-15(7-4-9-20-18)19(22-13)23-10-5-11-25-17-14(12-23)6-3-8-16(17)24-2/h3-4,6-9H,5,10-12H2,1-2H3. The number of anilines is 1. The molecule has 0 saturated carbocycles. The molecule has 3 heterocycles. The smallest absolute Gasteiger partial charge is 0.166 e. The van der Waals surface area contributed by atoms with Crippen LogP contribution < -0.4 is 14.4 Å². The van der Waals surface area contributed by atoms with Crippen molar-refractivity contribution in [3.63, 3.8) is 0 Å². The summed E-state index contributed by atoms with van der Waals surface area (Å²) in [6.07, 6.45) is 2.67. The van der Waals surface area contributed by atoms with Gasteiger partial charge in [0.05, 0.1) is 19.1 Å². The van der Waals surface area contributed by atoms with Crippen molar-refractivity contribution >= 4 is 16.9 Å². The zero-order valence-corrected chi connectivity index (χ0v) is 14.4. The zero-order chi connectivity index (χ0) is 17.2. The highest BCUT2D eigenvalue weighted by atomic mass is 16.5. The minimum Gasteiger partial charge on any atom is -0.493 e. The predicted octanol–water partition coefficient (Wildman–Crippen LogP) is 3.13. The molecule has 0 fully saturated rings. The van der Waals surface area contributed by atoms with Crippen LogP contribution in [0.5, 0.6) is 11.5 Å². The van der Waals surface area contributed by atoms with Gasteiger partial charge in [-0.25, -0.2) is 15.0 Å². The number of ether oxygens (including phenoxy) is 2. The highest BCUT2D eigenvalue weighted by Gasteiger charge is 2.20. The molecule has 0 N–H and O–H groups in total. The number of hydrogen-bond donors (Lipinski definition) is 0. The van der Waals surface area contributed by atoms with E-state index in [4.69, 9.17) is 14.5 Å². The van der Waals surface area contributed by atoms with Crippen LogP contribution in [0, 0.1) is 6.92 Å². The Hall–Kier alpha value is -2.89.